The fourth-order valence-corrected chi connectivity index (χ4v) is 2.40. The van der Waals surface area contributed by atoms with Crippen molar-refractivity contribution in [2.45, 2.75) is 34.6 Å². The summed E-state index contributed by atoms with van der Waals surface area (Å²) < 4.78 is 0. The van der Waals surface area contributed by atoms with Crippen molar-refractivity contribution in [1.82, 2.24) is 0 Å². The Hall–Kier alpha value is -1.62. The molecule has 3 heteroatoms. The van der Waals surface area contributed by atoms with Gasteiger partial charge in [-0.05, 0) is 30.5 Å². The van der Waals surface area contributed by atoms with Gasteiger partial charge >= 0.3 is 18.9 Å². The molecule has 0 aliphatic heterocycles. The number of benzene rings is 2. The van der Waals surface area contributed by atoms with Gasteiger partial charge in [0.05, 0.1) is 5.69 Å². The monoisotopic (exact) mass is 298 g/mol. The Labute approximate surface area is 151 Å². The molecule has 0 radical (unpaired) electrons. The molecule has 0 N–H and O–H groups in total. The maximum Gasteiger partial charge on any atom is 1.00 e. The molecule has 0 aromatic heterocycles. The van der Waals surface area contributed by atoms with E-state index in [1.165, 1.54) is 0 Å². The molecule has 0 amide bonds. The van der Waals surface area contributed by atoms with Gasteiger partial charge in [0, 0.05) is 11.1 Å². The van der Waals surface area contributed by atoms with Crippen LogP contribution < -0.4 is 18.9 Å². The van der Waals surface area contributed by atoms with Gasteiger partial charge < -0.3 is 5.41 Å². The molecule has 0 spiro atoms. The van der Waals surface area contributed by atoms with Gasteiger partial charge in [0.15, 0.2) is 0 Å². The zero-order valence-electron chi connectivity index (χ0n) is 15.0. The molecular formula is C20H23LiN2. The molecule has 0 unspecified atom stereocenters. The minimum atomic E-state index is -0.255. The average Bonchev–Trinajstić information content (AvgIpc) is 2.46. The zero-order chi connectivity index (χ0) is 16.3. The maximum atomic E-state index is 10.7. The van der Waals surface area contributed by atoms with Crippen molar-refractivity contribution < 1.29 is 18.9 Å². The summed E-state index contributed by atoms with van der Waals surface area (Å²) >= 11 is 0. The van der Waals surface area contributed by atoms with Crippen molar-refractivity contribution in [3.05, 3.63) is 70.6 Å². The normalized spacial score (nSPS) is 11.8. The topological polar surface area (TPSA) is 34.7 Å². The number of nitrogens with zero attached hydrogens (tertiary/aromatic N) is 2. The number of aryl methyl sites for hydroxylation is 2. The summed E-state index contributed by atoms with van der Waals surface area (Å²) in [5, 5.41) is 10.7. The van der Waals surface area contributed by atoms with Gasteiger partial charge in [0.25, 0.3) is 0 Å². The first-order valence-electron chi connectivity index (χ1n) is 7.58. The minimum Gasteiger partial charge on any atom is -0.802 e. The number of hydrogen-bond donors (Lipinski definition) is 0. The predicted octanol–water partition coefficient (Wildman–Crippen LogP) is 2.48. The Bertz CT molecular complexity index is 690. The van der Waals surface area contributed by atoms with Gasteiger partial charge in [0.2, 0.25) is 0 Å². The quantitative estimate of drug-likeness (QED) is 0.616. The summed E-state index contributed by atoms with van der Waals surface area (Å²) in [7, 11) is 0. The molecule has 2 rings (SSSR count). The maximum absolute atomic E-state index is 10.7. The van der Waals surface area contributed by atoms with Crippen LogP contribution in [0, 0.1) is 19.3 Å². The van der Waals surface area contributed by atoms with E-state index in [0.717, 1.165) is 22.4 Å². The van der Waals surface area contributed by atoms with Gasteiger partial charge in [-0.25, -0.2) is 0 Å². The third-order valence-electron chi connectivity index (χ3n) is 3.65. The zero-order valence-corrected chi connectivity index (χ0v) is 15.0. The van der Waals surface area contributed by atoms with Crippen LogP contribution in [0.2, 0.25) is 0 Å². The third-order valence-corrected chi connectivity index (χ3v) is 3.65. The average molecular weight is 298 g/mol. The predicted molar refractivity (Wildman–Crippen MR) is 96.4 cm³/mol. The van der Waals surface area contributed by atoms with Gasteiger partial charge in [-0.1, -0.05) is 69.3 Å². The van der Waals surface area contributed by atoms with Gasteiger partial charge in [-0.3, -0.25) is 4.99 Å². The molecule has 0 atom stereocenters. The van der Waals surface area contributed by atoms with E-state index in [1.54, 1.807) is 0 Å². The Morgan fingerprint density at radius 1 is 0.870 bits per heavy atom. The molecule has 2 nitrogen and oxygen atoms in total. The van der Waals surface area contributed by atoms with Crippen LogP contribution >= 0.6 is 0 Å². The van der Waals surface area contributed by atoms with E-state index in [-0.39, 0.29) is 30.0 Å². The van der Waals surface area contributed by atoms with E-state index in [0.29, 0.717) is 5.71 Å². The fraction of sp³-hybridized carbons (Fsp3) is 0.300. The van der Waals surface area contributed by atoms with E-state index >= 15 is 0 Å². The number of hydrogen-bond acceptors (Lipinski definition) is 1. The summed E-state index contributed by atoms with van der Waals surface area (Å²) in [6.45, 7) is 10.3. The van der Waals surface area contributed by atoms with Crippen LogP contribution in [0.15, 0.2) is 53.5 Å². The summed E-state index contributed by atoms with van der Waals surface area (Å²) in [5.74, 6) is 0. The van der Waals surface area contributed by atoms with Crippen molar-refractivity contribution >= 4 is 17.1 Å². The van der Waals surface area contributed by atoms with Crippen LogP contribution in [-0.2, 0) is 0 Å². The van der Waals surface area contributed by atoms with E-state index < -0.39 is 0 Å². The van der Waals surface area contributed by atoms with Crippen molar-refractivity contribution in [2.75, 3.05) is 0 Å². The molecule has 0 saturated carbocycles. The largest absolute Gasteiger partial charge is 1.00 e. The summed E-state index contributed by atoms with van der Waals surface area (Å²) in [6.07, 6.45) is 0. The molecule has 0 fully saturated rings. The summed E-state index contributed by atoms with van der Waals surface area (Å²) in [4.78, 5) is 4.83. The number of rotatable bonds is 3. The van der Waals surface area contributed by atoms with Gasteiger partial charge in [-0.15, -0.1) is 5.71 Å². The Kier molecular flexibility index (Phi) is 6.56. The molecular weight excluding hydrogens is 275 g/mol. The second kappa shape index (κ2) is 7.77. The Morgan fingerprint density at radius 3 is 1.87 bits per heavy atom. The first-order valence-corrected chi connectivity index (χ1v) is 7.58. The summed E-state index contributed by atoms with van der Waals surface area (Å²) in [5.41, 5.74) is 4.66. The van der Waals surface area contributed by atoms with E-state index in [9.17, 15) is 5.41 Å². The van der Waals surface area contributed by atoms with Gasteiger partial charge in [-0.2, -0.15) is 0 Å². The smallest absolute Gasteiger partial charge is 0.802 e. The fourth-order valence-electron chi connectivity index (χ4n) is 2.40. The molecule has 0 aliphatic rings. The molecule has 0 saturated heterocycles. The molecule has 2 aromatic rings. The molecule has 23 heavy (non-hydrogen) atoms. The SMILES string of the molecule is Cc1cccc(C)c1N=C(C(=[N-])c1ccccc1)C(C)(C)C.[Li+]. The molecule has 0 bridgehead atoms. The van der Waals surface area contributed by atoms with E-state index in [1.807, 2.05) is 62.4 Å². The van der Waals surface area contributed by atoms with E-state index in [4.69, 9.17) is 4.99 Å². The summed E-state index contributed by atoms with van der Waals surface area (Å²) in [6, 6.07) is 15.7. The van der Waals surface area contributed by atoms with Crippen molar-refractivity contribution in [3.63, 3.8) is 0 Å². The Balaban J connectivity index is 0.00000264. The van der Waals surface area contributed by atoms with Crippen LogP contribution in [0.4, 0.5) is 5.69 Å². The van der Waals surface area contributed by atoms with E-state index in [2.05, 4.69) is 20.8 Å². The standard InChI is InChI=1S/C20H23N2.Li/c1-14-10-9-11-15(2)18(14)22-19(20(3,4)5)17(21)16-12-7-6-8-13-16;/h6-13H,1-5H3;/q-1;+1. The van der Waals surface area contributed by atoms with Crippen molar-refractivity contribution in [1.29, 1.82) is 0 Å². The van der Waals surface area contributed by atoms with Crippen molar-refractivity contribution in [2.24, 2.45) is 10.4 Å². The van der Waals surface area contributed by atoms with Crippen LogP contribution in [-0.4, -0.2) is 11.4 Å². The second-order valence-corrected chi connectivity index (χ2v) is 6.67. The van der Waals surface area contributed by atoms with Crippen LogP contribution in [0.25, 0.3) is 5.41 Å². The van der Waals surface area contributed by atoms with Gasteiger partial charge in [0.1, 0.15) is 0 Å². The molecule has 114 valence electrons. The number of aliphatic imine (C=N–C) groups is 1. The first-order chi connectivity index (χ1) is 10.3. The third kappa shape index (κ3) is 4.67. The second-order valence-electron chi connectivity index (χ2n) is 6.67. The Morgan fingerprint density at radius 2 is 1.39 bits per heavy atom. The van der Waals surface area contributed by atoms with Crippen molar-refractivity contribution in [3.8, 4) is 0 Å². The minimum absolute atomic E-state index is 0. The molecule has 0 aliphatic carbocycles. The molecule has 0 heterocycles. The first kappa shape index (κ1) is 19.4. The van der Waals surface area contributed by atoms with Crippen LogP contribution in [0.3, 0.4) is 0 Å². The molecule has 2 aromatic carbocycles. The van der Waals surface area contributed by atoms with Crippen LogP contribution in [0.1, 0.15) is 37.5 Å². The number of para-hydroxylation sites is 1. The van der Waals surface area contributed by atoms with Crippen LogP contribution in [0.5, 0.6) is 0 Å².